The number of methoxy groups -OCH3 is 1. The largest absolute Gasteiger partial charge is 0.496 e. The lowest BCUT2D eigenvalue weighted by atomic mass is 9.79. The number of aromatic amines is 1. The smallest absolute Gasteiger partial charge is 0.270 e. The second-order valence-corrected chi connectivity index (χ2v) is 10.9. The highest BCUT2D eigenvalue weighted by Gasteiger charge is 2.44. The molecule has 0 bridgehead atoms. The first-order chi connectivity index (χ1) is 18.4. The van der Waals surface area contributed by atoms with Crippen LogP contribution in [0, 0.1) is 17.8 Å². The molecule has 5 rings (SSSR count). The average molecular weight is 524 g/mol. The SMILES string of the molecule is COc1cccc2[nH]c(C(=O)N3C[C@H](C4CCCCC4)C[C@H]3C(=O)N[C@@H](C[C@@H]3CCNC3=O)C(N)=O)cc12. The van der Waals surface area contributed by atoms with Crippen molar-refractivity contribution in [3.8, 4) is 5.75 Å². The lowest BCUT2D eigenvalue weighted by Gasteiger charge is -2.27. The van der Waals surface area contributed by atoms with E-state index in [0.29, 0.717) is 43.3 Å². The lowest BCUT2D eigenvalue weighted by molar-refractivity contribution is -0.131. The van der Waals surface area contributed by atoms with Crippen LogP contribution in [0.2, 0.25) is 0 Å². The van der Waals surface area contributed by atoms with Gasteiger partial charge >= 0.3 is 0 Å². The number of nitrogens with zero attached hydrogens (tertiary/aromatic N) is 1. The second-order valence-electron chi connectivity index (χ2n) is 10.9. The number of aromatic nitrogens is 1. The number of likely N-dealkylation sites (tertiary alicyclic amines) is 1. The van der Waals surface area contributed by atoms with E-state index in [4.69, 9.17) is 10.5 Å². The highest BCUT2D eigenvalue weighted by atomic mass is 16.5. The molecule has 4 amide bonds. The van der Waals surface area contributed by atoms with Crippen LogP contribution >= 0.6 is 0 Å². The van der Waals surface area contributed by atoms with Crippen LogP contribution in [-0.2, 0) is 14.4 Å². The van der Waals surface area contributed by atoms with E-state index in [1.807, 2.05) is 18.2 Å². The summed E-state index contributed by atoms with van der Waals surface area (Å²) in [5, 5.41) is 6.34. The fourth-order valence-electron chi connectivity index (χ4n) is 6.53. The van der Waals surface area contributed by atoms with Crippen LogP contribution in [0.4, 0.5) is 0 Å². The Labute approximate surface area is 222 Å². The minimum absolute atomic E-state index is 0.130. The van der Waals surface area contributed by atoms with Gasteiger partial charge in [0.15, 0.2) is 0 Å². The molecule has 4 atom stereocenters. The van der Waals surface area contributed by atoms with Gasteiger partial charge in [0.05, 0.1) is 7.11 Å². The molecule has 1 aromatic heterocycles. The summed E-state index contributed by atoms with van der Waals surface area (Å²) in [6.07, 6.45) is 7.06. The molecule has 0 radical (unpaired) electrons. The first-order valence-corrected chi connectivity index (χ1v) is 13.7. The average Bonchev–Trinajstić information content (AvgIpc) is 3.66. The Hall–Kier alpha value is -3.56. The van der Waals surface area contributed by atoms with E-state index in [2.05, 4.69) is 15.6 Å². The third kappa shape index (κ3) is 5.21. The molecule has 3 heterocycles. The Morgan fingerprint density at radius 3 is 2.63 bits per heavy atom. The van der Waals surface area contributed by atoms with Crippen molar-refractivity contribution in [3.63, 3.8) is 0 Å². The molecule has 2 aliphatic heterocycles. The number of hydrogen-bond donors (Lipinski definition) is 4. The number of carbonyl (C=O) groups is 4. The summed E-state index contributed by atoms with van der Waals surface area (Å²) in [4.78, 5) is 56.6. The molecule has 2 saturated heterocycles. The number of benzene rings is 1. The zero-order chi connectivity index (χ0) is 26.8. The molecule has 1 saturated carbocycles. The summed E-state index contributed by atoms with van der Waals surface area (Å²) in [5.74, 6) is -0.495. The molecule has 10 heteroatoms. The van der Waals surface area contributed by atoms with E-state index in [-0.39, 0.29) is 30.1 Å². The monoisotopic (exact) mass is 523 g/mol. The Bertz CT molecular complexity index is 1220. The standard InChI is InChI=1S/C28H37N5O5/c1-38-24-9-5-8-20-19(24)14-22(31-20)28(37)33-15-18(16-6-3-2-4-7-16)13-23(33)27(36)32-21(25(29)34)12-17-10-11-30-26(17)35/h5,8-9,14,16-18,21,23,31H,2-4,6-7,10-13,15H2,1H3,(H2,29,34)(H,30,35)(H,32,36)/t17-,18+,21-,23-/m0/s1. The number of ether oxygens (including phenoxy) is 1. The fraction of sp³-hybridized carbons (Fsp3) is 0.571. The van der Waals surface area contributed by atoms with Gasteiger partial charge in [0.2, 0.25) is 17.7 Å². The van der Waals surface area contributed by atoms with E-state index >= 15 is 0 Å². The number of amides is 4. The van der Waals surface area contributed by atoms with Crippen LogP contribution in [0.5, 0.6) is 5.75 Å². The Kier molecular flexibility index (Phi) is 7.58. The summed E-state index contributed by atoms with van der Waals surface area (Å²) in [5.41, 5.74) is 6.79. The first kappa shape index (κ1) is 26.1. The van der Waals surface area contributed by atoms with E-state index in [9.17, 15) is 19.2 Å². The van der Waals surface area contributed by atoms with Crippen LogP contribution in [0.25, 0.3) is 10.9 Å². The maximum atomic E-state index is 13.8. The van der Waals surface area contributed by atoms with Gasteiger partial charge in [-0.25, -0.2) is 0 Å². The fourth-order valence-corrected chi connectivity index (χ4v) is 6.53. The van der Waals surface area contributed by atoms with Gasteiger partial charge in [-0.15, -0.1) is 0 Å². The Morgan fingerprint density at radius 2 is 1.95 bits per heavy atom. The van der Waals surface area contributed by atoms with E-state index in [0.717, 1.165) is 23.7 Å². The van der Waals surface area contributed by atoms with Crippen molar-refractivity contribution in [2.75, 3.05) is 20.2 Å². The zero-order valence-corrected chi connectivity index (χ0v) is 21.8. The normalized spacial score (nSPS) is 24.8. The molecule has 204 valence electrons. The highest BCUT2D eigenvalue weighted by molar-refractivity contribution is 6.02. The van der Waals surface area contributed by atoms with Gasteiger partial charge in [0, 0.05) is 29.9 Å². The maximum absolute atomic E-state index is 13.8. The maximum Gasteiger partial charge on any atom is 0.270 e. The van der Waals surface area contributed by atoms with E-state index in [1.165, 1.54) is 19.3 Å². The third-order valence-electron chi connectivity index (χ3n) is 8.63. The van der Waals surface area contributed by atoms with Crippen LogP contribution < -0.4 is 21.1 Å². The van der Waals surface area contributed by atoms with Gasteiger partial charge in [0.25, 0.3) is 5.91 Å². The molecule has 38 heavy (non-hydrogen) atoms. The molecule has 0 spiro atoms. The summed E-state index contributed by atoms with van der Waals surface area (Å²) in [7, 11) is 1.59. The number of fused-ring (bicyclic) bond motifs is 1. The van der Waals surface area contributed by atoms with Gasteiger partial charge in [-0.2, -0.15) is 0 Å². The Balaban J connectivity index is 1.38. The van der Waals surface area contributed by atoms with Gasteiger partial charge in [-0.3, -0.25) is 19.2 Å². The number of rotatable bonds is 8. The molecule has 1 aliphatic carbocycles. The van der Waals surface area contributed by atoms with Crippen molar-refractivity contribution in [2.24, 2.45) is 23.5 Å². The summed E-state index contributed by atoms with van der Waals surface area (Å²) in [6.45, 7) is 1.03. The second kappa shape index (κ2) is 11.0. The molecular weight excluding hydrogens is 486 g/mol. The predicted molar refractivity (Wildman–Crippen MR) is 141 cm³/mol. The van der Waals surface area contributed by atoms with Crippen molar-refractivity contribution < 1.29 is 23.9 Å². The van der Waals surface area contributed by atoms with E-state index < -0.39 is 23.9 Å². The lowest BCUT2D eigenvalue weighted by Crippen LogP contribution is -2.53. The topological polar surface area (TPSA) is 147 Å². The molecule has 3 fully saturated rings. The molecule has 5 N–H and O–H groups in total. The number of nitrogens with two attached hydrogens (primary N) is 1. The van der Waals surface area contributed by atoms with Crippen molar-refractivity contribution in [1.82, 2.24) is 20.5 Å². The quantitative estimate of drug-likeness (QED) is 0.418. The summed E-state index contributed by atoms with van der Waals surface area (Å²) >= 11 is 0. The molecule has 3 aliphatic rings. The van der Waals surface area contributed by atoms with Crippen LogP contribution in [0.1, 0.15) is 61.9 Å². The first-order valence-electron chi connectivity index (χ1n) is 13.7. The number of hydrogen-bond acceptors (Lipinski definition) is 5. The number of H-pyrrole nitrogens is 1. The van der Waals surface area contributed by atoms with Crippen LogP contribution in [0.3, 0.4) is 0 Å². The van der Waals surface area contributed by atoms with Crippen LogP contribution in [-0.4, -0.2) is 65.8 Å². The molecule has 10 nitrogen and oxygen atoms in total. The molecular formula is C28H37N5O5. The van der Waals surface area contributed by atoms with Gasteiger partial charge < -0.3 is 31.0 Å². The number of carbonyl (C=O) groups excluding carboxylic acids is 4. The Morgan fingerprint density at radius 1 is 1.16 bits per heavy atom. The highest BCUT2D eigenvalue weighted by Crippen LogP contribution is 2.38. The van der Waals surface area contributed by atoms with Gasteiger partial charge in [0.1, 0.15) is 23.5 Å². The summed E-state index contributed by atoms with van der Waals surface area (Å²) < 4.78 is 5.45. The van der Waals surface area contributed by atoms with Crippen molar-refractivity contribution in [2.45, 2.75) is 63.5 Å². The predicted octanol–water partition coefficient (Wildman–Crippen LogP) is 2.08. The van der Waals surface area contributed by atoms with Crippen molar-refractivity contribution in [1.29, 1.82) is 0 Å². The minimum Gasteiger partial charge on any atom is -0.496 e. The van der Waals surface area contributed by atoms with E-state index in [1.54, 1.807) is 18.1 Å². The molecule has 2 aromatic rings. The van der Waals surface area contributed by atoms with Gasteiger partial charge in [-0.05, 0) is 49.3 Å². The molecule has 0 unspecified atom stereocenters. The number of nitrogens with one attached hydrogen (secondary N) is 3. The minimum atomic E-state index is -0.973. The number of primary amides is 1. The zero-order valence-electron chi connectivity index (χ0n) is 21.8. The third-order valence-corrected chi connectivity index (χ3v) is 8.63. The van der Waals surface area contributed by atoms with Crippen molar-refractivity contribution in [3.05, 3.63) is 30.0 Å². The van der Waals surface area contributed by atoms with Crippen LogP contribution in [0.15, 0.2) is 24.3 Å². The molecule has 1 aromatic carbocycles. The van der Waals surface area contributed by atoms with Crippen molar-refractivity contribution >= 4 is 34.5 Å². The van der Waals surface area contributed by atoms with Gasteiger partial charge in [-0.1, -0.05) is 38.2 Å². The summed E-state index contributed by atoms with van der Waals surface area (Å²) in [6, 6.07) is 5.64.